The molecular formula is C23H27N5O5. The molecule has 0 bridgehead atoms. The maximum Gasteiger partial charge on any atom is 0.338 e. The summed E-state index contributed by atoms with van der Waals surface area (Å²) in [6.07, 6.45) is 4.46. The molecule has 3 N–H and O–H groups in total. The first kappa shape index (κ1) is 21.7. The van der Waals surface area contributed by atoms with Gasteiger partial charge < -0.3 is 25.0 Å². The summed E-state index contributed by atoms with van der Waals surface area (Å²) >= 11 is 0. The van der Waals surface area contributed by atoms with Gasteiger partial charge >= 0.3 is 5.97 Å². The zero-order valence-electron chi connectivity index (χ0n) is 18.1. The van der Waals surface area contributed by atoms with Crippen LogP contribution in [0, 0.1) is 0 Å². The predicted molar refractivity (Wildman–Crippen MR) is 118 cm³/mol. The van der Waals surface area contributed by atoms with E-state index in [4.69, 9.17) is 9.47 Å². The van der Waals surface area contributed by atoms with Crippen LogP contribution in [-0.2, 0) is 9.47 Å². The van der Waals surface area contributed by atoms with Gasteiger partial charge in [-0.05, 0) is 37.8 Å². The summed E-state index contributed by atoms with van der Waals surface area (Å²) in [6, 6.07) is 8.97. The molecule has 5 rings (SSSR count). The molecule has 3 heterocycles. The highest BCUT2D eigenvalue weighted by Gasteiger charge is 2.37. The molecule has 0 radical (unpaired) electrons. The maximum atomic E-state index is 12.2. The fourth-order valence-electron chi connectivity index (χ4n) is 4.47. The number of nitrogens with zero attached hydrogens (tertiary/aromatic N) is 4. The van der Waals surface area contributed by atoms with Gasteiger partial charge in [-0.15, -0.1) is 0 Å². The van der Waals surface area contributed by atoms with Crippen LogP contribution in [0.5, 0.6) is 0 Å². The predicted octanol–water partition coefficient (Wildman–Crippen LogP) is 2.05. The van der Waals surface area contributed by atoms with Crippen LogP contribution in [0.2, 0.25) is 0 Å². The van der Waals surface area contributed by atoms with Crippen LogP contribution >= 0.6 is 0 Å². The van der Waals surface area contributed by atoms with Crippen molar-refractivity contribution in [3.8, 4) is 0 Å². The Hall–Kier alpha value is -3.08. The van der Waals surface area contributed by atoms with E-state index in [0.29, 0.717) is 29.0 Å². The normalized spacial score (nSPS) is 27.5. The fraction of sp³-hybridized carbons (Fsp3) is 0.478. The summed E-state index contributed by atoms with van der Waals surface area (Å²) in [4.78, 5) is 25.4. The van der Waals surface area contributed by atoms with Gasteiger partial charge in [0.1, 0.15) is 19.0 Å². The molecule has 10 nitrogen and oxygen atoms in total. The van der Waals surface area contributed by atoms with Crippen LogP contribution in [0.1, 0.15) is 48.7 Å². The van der Waals surface area contributed by atoms with Crippen molar-refractivity contribution < 1.29 is 24.5 Å². The number of aliphatic hydroxyl groups excluding tert-OH is 2. The molecular weight excluding hydrogens is 426 g/mol. The second-order valence-electron chi connectivity index (χ2n) is 8.61. The van der Waals surface area contributed by atoms with Crippen molar-refractivity contribution in [1.82, 2.24) is 19.5 Å². The summed E-state index contributed by atoms with van der Waals surface area (Å²) in [6.45, 7) is 0.0449. The third-order valence-electron chi connectivity index (χ3n) is 6.25. The van der Waals surface area contributed by atoms with E-state index in [1.807, 2.05) is 6.07 Å². The van der Waals surface area contributed by atoms with Gasteiger partial charge in [-0.1, -0.05) is 18.2 Å². The summed E-state index contributed by atoms with van der Waals surface area (Å²) < 4.78 is 13.1. The van der Waals surface area contributed by atoms with Crippen LogP contribution < -0.4 is 5.32 Å². The SMILES string of the molecule is O=C(OCC1CC(O)C(n2cnc3c(NC4CCC(O)CC4)ncnc32)O1)c1ccccc1. The molecule has 2 aromatic heterocycles. The minimum Gasteiger partial charge on any atom is -0.459 e. The number of carbonyl (C=O) groups is 1. The van der Waals surface area contributed by atoms with Crippen molar-refractivity contribution in [1.29, 1.82) is 0 Å². The molecule has 1 aliphatic heterocycles. The number of rotatable bonds is 6. The number of nitrogens with one attached hydrogen (secondary N) is 1. The maximum absolute atomic E-state index is 12.2. The quantitative estimate of drug-likeness (QED) is 0.480. The molecule has 2 aliphatic rings. The van der Waals surface area contributed by atoms with Gasteiger partial charge in [0.25, 0.3) is 0 Å². The number of esters is 1. The number of hydrogen-bond donors (Lipinski definition) is 3. The average Bonchev–Trinajstić information content (AvgIpc) is 3.43. The highest BCUT2D eigenvalue weighted by atomic mass is 16.6. The van der Waals surface area contributed by atoms with E-state index >= 15 is 0 Å². The van der Waals surface area contributed by atoms with Crippen LogP contribution in [0.15, 0.2) is 43.0 Å². The fourth-order valence-corrected chi connectivity index (χ4v) is 4.47. The van der Waals surface area contributed by atoms with E-state index < -0.39 is 24.4 Å². The van der Waals surface area contributed by atoms with Crippen LogP contribution in [-0.4, -0.2) is 66.7 Å². The highest BCUT2D eigenvalue weighted by molar-refractivity contribution is 5.89. The Morgan fingerprint density at radius 2 is 1.91 bits per heavy atom. The molecule has 3 aromatic rings. The number of carbonyl (C=O) groups excluding carboxylic acids is 1. The van der Waals surface area contributed by atoms with Gasteiger partial charge in [0.05, 0.1) is 24.1 Å². The summed E-state index contributed by atoms with van der Waals surface area (Å²) in [7, 11) is 0. The summed E-state index contributed by atoms with van der Waals surface area (Å²) in [5, 5.41) is 23.8. The third kappa shape index (κ3) is 4.68. The smallest absolute Gasteiger partial charge is 0.338 e. The monoisotopic (exact) mass is 453 g/mol. The number of benzene rings is 1. The van der Waals surface area contributed by atoms with Gasteiger partial charge in [-0.2, -0.15) is 0 Å². The third-order valence-corrected chi connectivity index (χ3v) is 6.25. The Morgan fingerprint density at radius 1 is 1.12 bits per heavy atom. The summed E-state index contributed by atoms with van der Waals surface area (Å²) in [5.41, 5.74) is 1.62. The van der Waals surface area contributed by atoms with E-state index in [-0.39, 0.29) is 18.8 Å². The molecule has 0 spiro atoms. The first-order chi connectivity index (χ1) is 16.1. The van der Waals surface area contributed by atoms with Gasteiger partial charge in [-0.25, -0.2) is 19.7 Å². The van der Waals surface area contributed by atoms with Crippen molar-refractivity contribution in [2.24, 2.45) is 0 Å². The van der Waals surface area contributed by atoms with E-state index in [1.54, 1.807) is 35.2 Å². The molecule has 1 aliphatic carbocycles. The van der Waals surface area contributed by atoms with Gasteiger partial charge in [-0.3, -0.25) is 4.57 Å². The van der Waals surface area contributed by atoms with Crippen LogP contribution in [0.4, 0.5) is 5.82 Å². The lowest BCUT2D eigenvalue weighted by Gasteiger charge is -2.26. The molecule has 174 valence electrons. The molecule has 1 saturated carbocycles. The van der Waals surface area contributed by atoms with Crippen molar-refractivity contribution >= 4 is 23.0 Å². The van der Waals surface area contributed by atoms with Crippen molar-refractivity contribution in [3.05, 3.63) is 48.5 Å². The largest absolute Gasteiger partial charge is 0.459 e. The number of ether oxygens (including phenoxy) is 2. The van der Waals surface area contributed by atoms with E-state index in [9.17, 15) is 15.0 Å². The molecule has 3 unspecified atom stereocenters. The second kappa shape index (κ2) is 9.42. The van der Waals surface area contributed by atoms with E-state index in [2.05, 4.69) is 20.3 Å². The van der Waals surface area contributed by atoms with Gasteiger partial charge in [0.2, 0.25) is 0 Å². The molecule has 10 heteroatoms. The molecule has 3 atom stereocenters. The lowest BCUT2D eigenvalue weighted by molar-refractivity contribution is -0.0531. The van der Waals surface area contributed by atoms with E-state index in [0.717, 1.165) is 25.7 Å². The van der Waals surface area contributed by atoms with Crippen LogP contribution in [0.3, 0.4) is 0 Å². The molecule has 1 saturated heterocycles. The second-order valence-corrected chi connectivity index (χ2v) is 8.61. The van der Waals surface area contributed by atoms with E-state index in [1.165, 1.54) is 6.33 Å². The average molecular weight is 453 g/mol. The first-order valence-corrected chi connectivity index (χ1v) is 11.3. The van der Waals surface area contributed by atoms with Crippen molar-refractivity contribution in [3.63, 3.8) is 0 Å². The van der Waals surface area contributed by atoms with Crippen molar-refractivity contribution in [2.75, 3.05) is 11.9 Å². The number of fused-ring (bicyclic) bond motifs is 1. The standard InChI is InChI=1S/C23H27N5O5/c29-16-8-6-15(7-9-16)27-20-19-21(25-12-24-20)28(13-26-19)22-18(30)10-17(33-22)11-32-23(31)14-4-2-1-3-5-14/h1-5,12-13,15-18,22,29-30H,6-11H2,(H,24,25,27). The van der Waals surface area contributed by atoms with Gasteiger partial charge in [0, 0.05) is 12.5 Å². The summed E-state index contributed by atoms with van der Waals surface area (Å²) in [5.74, 6) is 0.199. The minimum absolute atomic E-state index is 0.0449. The molecule has 2 fully saturated rings. The number of aliphatic hydroxyl groups is 2. The zero-order valence-corrected chi connectivity index (χ0v) is 18.1. The van der Waals surface area contributed by atoms with Gasteiger partial charge in [0.15, 0.2) is 23.2 Å². The Balaban J connectivity index is 1.26. The molecule has 1 aromatic carbocycles. The zero-order chi connectivity index (χ0) is 22.8. The Morgan fingerprint density at radius 3 is 2.70 bits per heavy atom. The number of anilines is 1. The molecule has 33 heavy (non-hydrogen) atoms. The van der Waals surface area contributed by atoms with Crippen LogP contribution in [0.25, 0.3) is 11.2 Å². The van der Waals surface area contributed by atoms with Crippen molar-refractivity contribution in [2.45, 2.75) is 62.7 Å². The highest BCUT2D eigenvalue weighted by Crippen LogP contribution is 2.32. The minimum atomic E-state index is -0.797. The number of hydrogen-bond acceptors (Lipinski definition) is 9. The Kier molecular flexibility index (Phi) is 6.21. The Labute approximate surface area is 190 Å². The number of imidazole rings is 1. The Bertz CT molecular complexity index is 1100. The topological polar surface area (TPSA) is 132 Å². The first-order valence-electron chi connectivity index (χ1n) is 11.3. The lowest BCUT2D eigenvalue weighted by Crippen LogP contribution is -2.28. The molecule has 0 amide bonds. The number of aromatic nitrogens is 4. The lowest BCUT2D eigenvalue weighted by atomic mass is 9.93.